The molecule has 0 amide bonds. The van der Waals surface area contributed by atoms with E-state index < -0.39 is 0 Å². The molecule has 0 radical (unpaired) electrons. The third kappa shape index (κ3) is 81.6. The molecule has 0 aliphatic heterocycles. The van der Waals surface area contributed by atoms with Crippen LogP contribution in [0.1, 0.15) is 20.3 Å². The van der Waals surface area contributed by atoms with E-state index in [1.165, 1.54) is 0 Å². The van der Waals surface area contributed by atoms with E-state index in [2.05, 4.69) is 9.47 Å². The van der Waals surface area contributed by atoms with Crippen LogP contribution in [0.5, 0.6) is 0 Å². The Kier molecular flexibility index (Phi) is 58.6. The Balaban J connectivity index is -0.0000000973. The van der Waals surface area contributed by atoms with E-state index in [0.717, 1.165) is 6.42 Å². The number of ether oxygens (including phenoxy) is 2. The van der Waals surface area contributed by atoms with E-state index in [9.17, 15) is 0 Å². The average molecular weight is 318 g/mol. The molecule has 21 heavy (non-hydrogen) atoms. The van der Waals surface area contributed by atoms with Gasteiger partial charge in [-0.1, -0.05) is 6.92 Å². The lowest BCUT2D eigenvalue weighted by atomic mass is 10.5. The van der Waals surface area contributed by atoms with Crippen molar-refractivity contribution in [3.63, 3.8) is 0 Å². The third-order valence-corrected chi connectivity index (χ3v) is 1.17. The molecule has 0 spiro atoms. The second-order valence-electron chi connectivity index (χ2n) is 3.16. The molecule has 0 atom stereocenters. The molecular weight excluding hydrogens is 284 g/mol. The molecule has 0 aromatic rings. The van der Waals surface area contributed by atoms with Gasteiger partial charge in [0.25, 0.3) is 0 Å². The van der Waals surface area contributed by atoms with Crippen molar-refractivity contribution in [2.45, 2.75) is 20.3 Å². The van der Waals surface area contributed by atoms with E-state index in [4.69, 9.17) is 30.6 Å². The van der Waals surface area contributed by atoms with Gasteiger partial charge in [-0.25, -0.2) is 0 Å². The molecule has 6 N–H and O–H groups in total. The quantitative estimate of drug-likeness (QED) is 0.278. The number of hydrogen-bond acceptors (Lipinski definition) is 8. The van der Waals surface area contributed by atoms with Gasteiger partial charge in [-0.15, -0.1) is 0 Å². The summed E-state index contributed by atoms with van der Waals surface area (Å²) in [4.78, 5) is 0. The summed E-state index contributed by atoms with van der Waals surface area (Å²) in [6, 6.07) is 0. The zero-order valence-electron chi connectivity index (χ0n) is 13.3. The molecular formula is C13H34O8. The van der Waals surface area contributed by atoms with Gasteiger partial charge in [0.1, 0.15) is 0 Å². The van der Waals surface area contributed by atoms with Crippen molar-refractivity contribution in [1.29, 1.82) is 0 Å². The van der Waals surface area contributed by atoms with Gasteiger partial charge in [-0.3, -0.25) is 0 Å². The SMILES string of the molecule is CCCO.CCO.OCCOCCO.OCCOCCO. The van der Waals surface area contributed by atoms with E-state index >= 15 is 0 Å². The highest BCUT2D eigenvalue weighted by Crippen LogP contribution is 1.68. The molecule has 134 valence electrons. The number of aliphatic hydroxyl groups is 6. The highest BCUT2D eigenvalue weighted by molar-refractivity contribution is 4.24. The first kappa shape index (κ1) is 28.8. The van der Waals surface area contributed by atoms with Gasteiger partial charge in [0, 0.05) is 13.2 Å². The molecule has 0 aliphatic carbocycles. The van der Waals surface area contributed by atoms with Gasteiger partial charge < -0.3 is 40.1 Å². The minimum atomic E-state index is 0.0278. The topological polar surface area (TPSA) is 140 Å². The maximum absolute atomic E-state index is 8.09. The number of hydrogen-bond donors (Lipinski definition) is 6. The molecule has 0 aromatic heterocycles. The number of aliphatic hydroxyl groups excluding tert-OH is 6. The fourth-order valence-corrected chi connectivity index (χ4v) is 0.462. The summed E-state index contributed by atoms with van der Waals surface area (Å²) in [6.07, 6.45) is 0.875. The zero-order valence-corrected chi connectivity index (χ0v) is 13.3. The van der Waals surface area contributed by atoms with Crippen LogP contribution in [-0.2, 0) is 9.47 Å². The average Bonchev–Trinajstić information content (AvgIpc) is 2.50. The molecule has 0 heterocycles. The van der Waals surface area contributed by atoms with Crippen molar-refractivity contribution in [3.8, 4) is 0 Å². The lowest BCUT2D eigenvalue weighted by Gasteiger charge is -1.94. The summed E-state index contributed by atoms with van der Waals surface area (Å²) in [7, 11) is 0. The lowest BCUT2D eigenvalue weighted by molar-refractivity contribution is 0.0649. The normalized spacial score (nSPS) is 8.57. The molecule has 0 aliphatic rings. The summed E-state index contributed by atoms with van der Waals surface area (Å²) in [6.45, 7) is 5.57. The van der Waals surface area contributed by atoms with Crippen molar-refractivity contribution in [2.24, 2.45) is 0 Å². The van der Waals surface area contributed by atoms with Gasteiger partial charge in [-0.05, 0) is 13.3 Å². The largest absolute Gasteiger partial charge is 0.397 e. The highest BCUT2D eigenvalue weighted by atomic mass is 16.5. The van der Waals surface area contributed by atoms with Crippen molar-refractivity contribution in [3.05, 3.63) is 0 Å². The molecule has 0 saturated heterocycles. The molecule has 0 rings (SSSR count). The fraction of sp³-hybridized carbons (Fsp3) is 1.00. The van der Waals surface area contributed by atoms with Crippen LogP contribution in [0.15, 0.2) is 0 Å². The Labute approximate surface area is 127 Å². The summed E-state index contributed by atoms with van der Waals surface area (Å²) in [5, 5.41) is 47.8. The van der Waals surface area contributed by atoms with Gasteiger partial charge in [0.15, 0.2) is 0 Å². The predicted octanol–water partition coefficient (Wildman–Crippen LogP) is -1.64. The first-order valence-corrected chi connectivity index (χ1v) is 6.97. The van der Waals surface area contributed by atoms with Crippen LogP contribution in [0.25, 0.3) is 0 Å². The Bertz CT molecular complexity index is 96.3. The van der Waals surface area contributed by atoms with E-state index in [-0.39, 0.29) is 33.0 Å². The summed E-state index contributed by atoms with van der Waals surface area (Å²) in [5.74, 6) is 0. The molecule has 0 fully saturated rings. The van der Waals surface area contributed by atoms with Crippen molar-refractivity contribution in [2.75, 3.05) is 66.1 Å². The van der Waals surface area contributed by atoms with Crippen LogP contribution in [0, 0.1) is 0 Å². The molecule has 0 aromatic carbocycles. The summed E-state index contributed by atoms with van der Waals surface area (Å²) >= 11 is 0. The van der Waals surface area contributed by atoms with Crippen LogP contribution >= 0.6 is 0 Å². The zero-order chi connectivity index (χ0) is 17.2. The first-order valence-electron chi connectivity index (χ1n) is 6.97. The second kappa shape index (κ2) is 42.7. The molecule has 0 saturated carbocycles. The van der Waals surface area contributed by atoms with Gasteiger partial charge in [0.2, 0.25) is 0 Å². The maximum atomic E-state index is 8.09. The Morgan fingerprint density at radius 1 is 0.524 bits per heavy atom. The number of rotatable bonds is 9. The smallest absolute Gasteiger partial charge is 0.0698 e. The predicted molar refractivity (Wildman–Crippen MR) is 80.1 cm³/mol. The standard InChI is InChI=1S/2C4H10O3.C3H8O.C2H6O/c2*5-1-3-7-4-2-6;1-2-3-4;1-2-3/h2*5-6H,1-4H2;4H,2-3H2,1H3;3H,2H2,1H3. The van der Waals surface area contributed by atoms with Crippen LogP contribution in [0.2, 0.25) is 0 Å². The van der Waals surface area contributed by atoms with Crippen molar-refractivity contribution >= 4 is 0 Å². The minimum absolute atomic E-state index is 0.0278. The van der Waals surface area contributed by atoms with Crippen LogP contribution in [0.3, 0.4) is 0 Å². The van der Waals surface area contributed by atoms with Gasteiger partial charge in [0.05, 0.1) is 52.9 Å². The minimum Gasteiger partial charge on any atom is -0.397 e. The Hall–Kier alpha value is -0.320. The van der Waals surface area contributed by atoms with E-state index in [1.54, 1.807) is 6.92 Å². The monoisotopic (exact) mass is 318 g/mol. The molecule has 0 unspecified atom stereocenters. The van der Waals surface area contributed by atoms with Crippen LogP contribution < -0.4 is 0 Å². The van der Waals surface area contributed by atoms with Gasteiger partial charge >= 0.3 is 0 Å². The van der Waals surface area contributed by atoms with E-state index in [1.807, 2.05) is 6.92 Å². The maximum Gasteiger partial charge on any atom is 0.0698 e. The molecule has 8 nitrogen and oxygen atoms in total. The second-order valence-corrected chi connectivity index (χ2v) is 3.16. The van der Waals surface area contributed by atoms with E-state index in [0.29, 0.717) is 33.0 Å². The van der Waals surface area contributed by atoms with Crippen molar-refractivity contribution in [1.82, 2.24) is 0 Å². The highest BCUT2D eigenvalue weighted by Gasteiger charge is 1.80. The molecule has 0 bridgehead atoms. The molecule has 8 heteroatoms. The Morgan fingerprint density at radius 2 is 0.714 bits per heavy atom. The lowest BCUT2D eigenvalue weighted by Crippen LogP contribution is -2.03. The van der Waals surface area contributed by atoms with Gasteiger partial charge in [-0.2, -0.15) is 0 Å². The van der Waals surface area contributed by atoms with Crippen LogP contribution in [-0.4, -0.2) is 96.7 Å². The van der Waals surface area contributed by atoms with Crippen LogP contribution in [0.4, 0.5) is 0 Å². The third-order valence-electron chi connectivity index (χ3n) is 1.17. The van der Waals surface area contributed by atoms with Crippen molar-refractivity contribution < 1.29 is 40.1 Å². The Morgan fingerprint density at radius 3 is 0.810 bits per heavy atom. The fourth-order valence-electron chi connectivity index (χ4n) is 0.462. The summed E-state index contributed by atoms with van der Waals surface area (Å²) in [5.41, 5.74) is 0. The summed E-state index contributed by atoms with van der Waals surface area (Å²) < 4.78 is 9.26. The first-order chi connectivity index (χ1) is 10.2.